The highest BCUT2D eigenvalue weighted by atomic mass is 35.5. The Morgan fingerprint density at radius 3 is 2.70 bits per heavy atom. The van der Waals surface area contributed by atoms with Gasteiger partial charge in [0, 0.05) is 28.3 Å². The summed E-state index contributed by atoms with van der Waals surface area (Å²) in [7, 11) is 1.63. The van der Waals surface area contributed by atoms with E-state index in [0.717, 1.165) is 27.8 Å². The van der Waals surface area contributed by atoms with Gasteiger partial charge in [0.25, 0.3) is 0 Å². The van der Waals surface area contributed by atoms with Crippen LogP contribution in [0.4, 0.5) is 5.13 Å². The molecule has 7 heteroatoms. The molecule has 4 aromatic rings. The lowest BCUT2D eigenvalue weighted by Gasteiger charge is -2.03. The first-order valence-corrected chi connectivity index (χ1v) is 9.41. The third-order valence-corrected chi connectivity index (χ3v) is 5.06. The predicted molar refractivity (Wildman–Crippen MR) is 109 cm³/mol. The van der Waals surface area contributed by atoms with Crippen molar-refractivity contribution in [2.24, 2.45) is 0 Å². The minimum Gasteiger partial charge on any atom is -0.497 e. The summed E-state index contributed by atoms with van der Waals surface area (Å²) < 4.78 is 11.5. The molecule has 0 aliphatic rings. The quantitative estimate of drug-likeness (QED) is 0.468. The summed E-state index contributed by atoms with van der Waals surface area (Å²) in [6.07, 6.45) is 0. The molecule has 5 nitrogen and oxygen atoms in total. The molecule has 136 valence electrons. The average Bonchev–Trinajstić information content (AvgIpc) is 3.25. The minimum atomic E-state index is -0.164. The highest BCUT2D eigenvalue weighted by molar-refractivity contribution is 7.14. The number of ether oxygens (including phenoxy) is 1. The highest BCUT2D eigenvalue weighted by Gasteiger charge is 2.20. The Morgan fingerprint density at radius 2 is 2.00 bits per heavy atom. The number of rotatable bonds is 4. The van der Waals surface area contributed by atoms with Gasteiger partial charge >= 0.3 is 0 Å². The monoisotopic (exact) mass is 398 g/mol. The standard InChI is InChI=1S/C20H15ClN2O3S/c1-11(24)22-20-23-16(10-27-20)19-18(12-3-5-13(21)6-4-12)15-9-14(25-2)7-8-17(15)26-19/h3-10H,1-2H3,(H,22,23,24). The van der Waals surface area contributed by atoms with Crippen LogP contribution < -0.4 is 10.1 Å². The molecule has 0 bridgehead atoms. The van der Waals surface area contributed by atoms with Gasteiger partial charge in [-0.25, -0.2) is 4.98 Å². The molecule has 0 saturated heterocycles. The number of halogens is 1. The van der Waals surface area contributed by atoms with Gasteiger partial charge in [-0.2, -0.15) is 0 Å². The number of hydrogen-bond donors (Lipinski definition) is 1. The number of nitrogens with one attached hydrogen (secondary N) is 1. The van der Waals surface area contributed by atoms with E-state index in [1.165, 1.54) is 18.3 Å². The molecule has 0 saturated carbocycles. The summed E-state index contributed by atoms with van der Waals surface area (Å²) in [4.78, 5) is 15.8. The maximum atomic E-state index is 11.3. The molecule has 0 aliphatic heterocycles. The van der Waals surface area contributed by atoms with Crippen molar-refractivity contribution in [1.29, 1.82) is 0 Å². The van der Waals surface area contributed by atoms with Crippen molar-refractivity contribution in [3.8, 4) is 28.3 Å². The second-order valence-corrected chi connectivity index (χ2v) is 7.19. The number of benzene rings is 2. The van der Waals surface area contributed by atoms with Gasteiger partial charge < -0.3 is 14.5 Å². The van der Waals surface area contributed by atoms with Crippen molar-refractivity contribution in [2.45, 2.75) is 6.92 Å². The number of amides is 1. The van der Waals surface area contributed by atoms with Crippen molar-refractivity contribution in [3.05, 3.63) is 52.9 Å². The van der Waals surface area contributed by atoms with Crippen LogP contribution in [0.2, 0.25) is 5.02 Å². The van der Waals surface area contributed by atoms with Gasteiger partial charge in [-0.1, -0.05) is 23.7 Å². The second kappa shape index (κ2) is 7.06. The van der Waals surface area contributed by atoms with E-state index >= 15 is 0 Å². The maximum Gasteiger partial charge on any atom is 0.223 e. The maximum absolute atomic E-state index is 11.3. The zero-order valence-electron chi connectivity index (χ0n) is 14.6. The number of nitrogens with zero attached hydrogens (tertiary/aromatic N) is 1. The number of fused-ring (bicyclic) bond motifs is 1. The number of methoxy groups -OCH3 is 1. The van der Waals surface area contributed by atoms with Gasteiger partial charge in [-0.15, -0.1) is 11.3 Å². The number of hydrogen-bond acceptors (Lipinski definition) is 5. The molecule has 0 atom stereocenters. The van der Waals surface area contributed by atoms with Gasteiger partial charge in [0.15, 0.2) is 10.9 Å². The minimum absolute atomic E-state index is 0.164. The summed E-state index contributed by atoms with van der Waals surface area (Å²) in [6, 6.07) is 13.2. The Kier molecular flexibility index (Phi) is 4.59. The predicted octanol–water partition coefficient (Wildman–Crippen LogP) is 5.84. The van der Waals surface area contributed by atoms with Crippen LogP contribution in [0.25, 0.3) is 33.6 Å². The van der Waals surface area contributed by atoms with Crippen molar-refractivity contribution < 1.29 is 13.9 Å². The Bertz CT molecular complexity index is 1130. The van der Waals surface area contributed by atoms with Crippen LogP contribution in [0.3, 0.4) is 0 Å². The molecule has 0 aliphatic carbocycles. The summed E-state index contributed by atoms with van der Waals surface area (Å²) >= 11 is 7.40. The third kappa shape index (κ3) is 3.41. The van der Waals surface area contributed by atoms with E-state index in [-0.39, 0.29) is 5.91 Å². The second-order valence-electron chi connectivity index (χ2n) is 5.89. The van der Waals surface area contributed by atoms with Crippen molar-refractivity contribution in [2.75, 3.05) is 12.4 Å². The van der Waals surface area contributed by atoms with Gasteiger partial charge in [-0.05, 0) is 35.9 Å². The van der Waals surface area contributed by atoms with E-state index < -0.39 is 0 Å². The molecule has 0 radical (unpaired) electrons. The number of aromatic nitrogens is 1. The molecule has 0 unspecified atom stereocenters. The molecule has 1 N–H and O–H groups in total. The van der Waals surface area contributed by atoms with Gasteiger partial charge in [0.2, 0.25) is 5.91 Å². The Morgan fingerprint density at radius 1 is 1.22 bits per heavy atom. The fraction of sp³-hybridized carbons (Fsp3) is 0.100. The number of anilines is 1. The van der Waals surface area contributed by atoms with Crippen molar-refractivity contribution in [3.63, 3.8) is 0 Å². The lowest BCUT2D eigenvalue weighted by Crippen LogP contribution is -2.04. The molecule has 4 rings (SSSR count). The lowest BCUT2D eigenvalue weighted by atomic mass is 10.0. The van der Waals surface area contributed by atoms with Gasteiger partial charge in [0.1, 0.15) is 17.0 Å². The van der Waals surface area contributed by atoms with E-state index in [9.17, 15) is 4.79 Å². The van der Waals surface area contributed by atoms with Gasteiger partial charge in [-0.3, -0.25) is 4.79 Å². The molecule has 0 spiro atoms. The highest BCUT2D eigenvalue weighted by Crippen LogP contribution is 2.42. The fourth-order valence-corrected chi connectivity index (χ4v) is 3.74. The summed E-state index contributed by atoms with van der Waals surface area (Å²) in [6.45, 7) is 1.45. The van der Waals surface area contributed by atoms with Gasteiger partial charge in [0.05, 0.1) is 7.11 Å². The fourth-order valence-electron chi connectivity index (χ4n) is 2.87. The molecular formula is C20H15ClN2O3S. The number of carbonyl (C=O) groups is 1. The topological polar surface area (TPSA) is 64.4 Å². The van der Waals surface area contributed by atoms with E-state index in [1.807, 2.05) is 47.8 Å². The Balaban J connectivity index is 1.93. The zero-order valence-corrected chi connectivity index (χ0v) is 16.1. The largest absolute Gasteiger partial charge is 0.497 e. The number of furan rings is 1. The van der Waals surface area contributed by atoms with Crippen LogP contribution in [0.1, 0.15) is 6.92 Å². The molecular weight excluding hydrogens is 384 g/mol. The summed E-state index contributed by atoms with van der Waals surface area (Å²) in [5.41, 5.74) is 3.24. The Labute approximate surface area is 164 Å². The molecule has 27 heavy (non-hydrogen) atoms. The first kappa shape index (κ1) is 17.6. The molecule has 2 aromatic heterocycles. The first-order chi connectivity index (χ1) is 13.0. The molecule has 2 heterocycles. The average molecular weight is 399 g/mol. The molecule has 1 amide bonds. The lowest BCUT2D eigenvalue weighted by molar-refractivity contribution is -0.114. The molecule has 2 aromatic carbocycles. The van der Waals surface area contributed by atoms with E-state index in [4.69, 9.17) is 20.8 Å². The SMILES string of the molecule is COc1ccc2oc(-c3csc(NC(C)=O)n3)c(-c3ccc(Cl)cc3)c2c1. The Hall–Kier alpha value is -2.83. The van der Waals surface area contributed by atoms with Crippen molar-refractivity contribution in [1.82, 2.24) is 4.98 Å². The third-order valence-electron chi connectivity index (χ3n) is 4.05. The number of thiazole rings is 1. The summed E-state index contributed by atoms with van der Waals surface area (Å²) in [5.74, 6) is 1.21. The van der Waals surface area contributed by atoms with Crippen LogP contribution in [-0.2, 0) is 4.79 Å². The smallest absolute Gasteiger partial charge is 0.223 e. The zero-order chi connectivity index (χ0) is 19.0. The first-order valence-electron chi connectivity index (χ1n) is 8.15. The van der Waals surface area contributed by atoms with E-state index in [1.54, 1.807) is 7.11 Å². The van der Waals surface area contributed by atoms with Crippen LogP contribution in [-0.4, -0.2) is 18.0 Å². The van der Waals surface area contributed by atoms with E-state index in [2.05, 4.69) is 10.3 Å². The number of carbonyl (C=O) groups excluding carboxylic acids is 1. The van der Waals surface area contributed by atoms with Crippen LogP contribution in [0.15, 0.2) is 52.3 Å². The van der Waals surface area contributed by atoms with Crippen molar-refractivity contribution >= 4 is 44.9 Å². The van der Waals surface area contributed by atoms with Crippen LogP contribution >= 0.6 is 22.9 Å². The molecule has 0 fully saturated rings. The van der Waals surface area contributed by atoms with Crippen LogP contribution in [0, 0.1) is 0 Å². The van der Waals surface area contributed by atoms with Crippen LogP contribution in [0.5, 0.6) is 5.75 Å². The normalized spacial score (nSPS) is 10.9. The summed E-state index contributed by atoms with van der Waals surface area (Å²) in [5, 5.41) is 6.67. The van der Waals surface area contributed by atoms with E-state index in [0.29, 0.717) is 21.6 Å².